The number of rotatable bonds is 6. The normalized spacial score (nSPS) is 11.2. The van der Waals surface area contributed by atoms with Gasteiger partial charge in [0.2, 0.25) is 0 Å². The van der Waals surface area contributed by atoms with Crippen LogP contribution in [0.2, 0.25) is 0 Å². The summed E-state index contributed by atoms with van der Waals surface area (Å²) in [7, 11) is 1.68. The standard InChI is InChI=1S/C22H22N2O/c1-18(17-19-13-15-22(25-2)16-14-19)23-24(20-9-5-3-6-10-20)21-11-7-4-8-12-21/h3-16H,17H2,1-2H3. The van der Waals surface area contributed by atoms with Gasteiger partial charge in [0.05, 0.1) is 18.5 Å². The molecular formula is C22H22N2O. The number of para-hydroxylation sites is 2. The minimum absolute atomic E-state index is 0.792. The molecule has 3 rings (SSSR count). The van der Waals surface area contributed by atoms with Crippen LogP contribution in [0.15, 0.2) is 90.0 Å². The molecule has 0 unspecified atom stereocenters. The smallest absolute Gasteiger partial charge is 0.118 e. The van der Waals surface area contributed by atoms with Crippen molar-refractivity contribution in [3.63, 3.8) is 0 Å². The number of ether oxygens (including phenoxy) is 1. The van der Waals surface area contributed by atoms with Crippen LogP contribution in [-0.2, 0) is 6.42 Å². The second kappa shape index (κ2) is 8.15. The Labute approximate surface area is 149 Å². The molecule has 0 saturated carbocycles. The van der Waals surface area contributed by atoms with Gasteiger partial charge < -0.3 is 4.74 Å². The van der Waals surface area contributed by atoms with Crippen LogP contribution in [0.4, 0.5) is 11.4 Å². The van der Waals surface area contributed by atoms with Crippen LogP contribution in [0, 0.1) is 0 Å². The van der Waals surface area contributed by atoms with Crippen LogP contribution < -0.4 is 9.75 Å². The molecule has 0 aliphatic rings. The Morgan fingerprint density at radius 1 is 0.800 bits per heavy atom. The first-order valence-electron chi connectivity index (χ1n) is 8.33. The molecule has 0 fully saturated rings. The lowest BCUT2D eigenvalue weighted by molar-refractivity contribution is 0.414. The molecule has 0 aromatic heterocycles. The van der Waals surface area contributed by atoms with Crippen molar-refractivity contribution in [2.75, 3.05) is 12.1 Å². The third-order valence-corrected chi connectivity index (χ3v) is 3.89. The Morgan fingerprint density at radius 2 is 1.32 bits per heavy atom. The van der Waals surface area contributed by atoms with Crippen molar-refractivity contribution in [3.8, 4) is 5.75 Å². The highest BCUT2D eigenvalue weighted by Crippen LogP contribution is 2.25. The summed E-state index contributed by atoms with van der Waals surface area (Å²) in [5, 5.41) is 6.86. The molecule has 3 heteroatoms. The highest BCUT2D eigenvalue weighted by atomic mass is 16.5. The molecule has 0 radical (unpaired) electrons. The molecule has 3 aromatic rings. The van der Waals surface area contributed by atoms with E-state index in [9.17, 15) is 0 Å². The molecule has 0 bridgehead atoms. The van der Waals surface area contributed by atoms with Gasteiger partial charge in [0.1, 0.15) is 5.75 Å². The Balaban J connectivity index is 1.86. The van der Waals surface area contributed by atoms with Crippen LogP contribution >= 0.6 is 0 Å². The largest absolute Gasteiger partial charge is 0.497 e. The van der Waals surface area contributed by atoms with Gasteiger partial charge in [-0.3, -0.25) is 0 Å². The molecule has 0 heterocycles. The van der Waals surface area contributed by atoms with E-state index in [1.54, 1.807) is 7.11 Å². The molecule has 25 heavy (non-hydrogen) atoms. The van der Waals surface area contributed by atoms with Crippen molar-refractivity contribution in [2.24, 2.45) is 5.10 Å². The van der Waals surface area contributed by atoms with Crippen molar-refractivity contribution < 1.29 is 4.74 Å². The number of benzene rings is 3. The lowest BCUT2D eigenvalue weighted by Gasteiger charge is -2.20. The van der Waals surface area contributed by atoms with Gasteiger partial charge in [-0.1, -0.05) is 48.5 Å². The molecule has 0 amide bonds. The van der Waals surface area contributed by atoms with Crippen LogP contribution in [0.3, 0.4) is 0 Å². The average Bonchev–Trinajstić information content (AvgIpc) is 2.68. The third-order valence-electron chi connectivity index (χ3n) is 3.89. The van der Waals surface area contributed by atoms with Crippen molar-refractivity contribution in [2.45, 2.75) is 13.3 Å². The fraction of sp³-hybridized carbons (Fsp3) is 0.136. The lowest BCUT2D eigenvalue weighted by Crippen LogP contribution is -2.13. The highest BCUT2D eigenvalue weighted by molar-refractivity contribution is 5.86. The summed E-state index contributed by atoms with van der Waals surface area (Å²) < 4.78 is 5.22. The number of hydrogen-bond donors (Lipinski definition) is 0. The molecule has 0 atom stereocenters. The summed E-state index contributed by atoms with van der Waals surface area (Å²) in [5.74, 6) is 0.869. The molecule has 0 saturated heterocycles. The topological polar surface area (TPSA) is 24.8 Å². The first-order valence-corrected chi connectivity index (χ1v) is 8.33. The van der Waals surface area contributed by atoms with E-state index in [0.717, 1.165) is 29.3 Å². The second-order valence-corrected chi connectivity index (χ2v) is 5.84. The van der Waals surface area contributed by atoms with Crippen LogP contribution in [0.25, 0.3) is 0 Å². The van der Waals surface area contributed by atoms with Gasteiger partial charge in [-0.25, -0.2) is 5.01 Å². The maximum absolute atomic E-state index is 5.22. The minimum Gasteiger partial charge on any atom is -0.497 e. The third kappa shape index (κ3) is 4.48. The molecule has 0 spiro atoms. The molecule has 3 nitrogen and oxygen atoms in total. The van der Waals surface area contributed by atoms with Crippen LogP contribution in [0.1, 0.15) is 12.5 Å². The number of hydrogen-bond acceptors (Lipinski definition) is 3. The quantitative estimate of drug-likeness (QED) is 0.443. The number of methoxy groups -OCH3 is 1. The Bertz CT molecular complexity index is 772. The summed E-state index contributed by atoms with van der Waals surface area (Å²) in [4.78, 5) is 0. The zero-order valence-corrected chi connectivity index (χ0v) is 14.6. The molecule has 0 aliphatic carbocycles. The first-order chi connectivity index (χ1) is 12.3. The first kappa shape index (κ1) is 16.8. The minimum atomic E-state index is 0.792. The van der Waals surface area contributed by atoms with E-state index in [4.69, 9.17) is 9.84 Å². The van der Waals surface area contributed by atoms with E-state index in [1.807, 2.05) is 53.5 Å². The van der Waals surface area contributed by atoms with Crippen molar-refractivity contribution in [1.82, 2.24) is 0 Å². The summed E-state index contributed by atoms with van der Waals surface area (Å²) in [6, 6.07) is 28.5. The molecule has 126 valence electrons. The zero-order valence-electron chi connectivity index (χ0n) is 14.6. The Kier molecular flexibility index (Phi) is 5.47. The van der Waals surface area contributed by atoms with Gasteiger partial charge in [-0.2, -0.15) is 5.10 Å². The lowest BCUT2D eigenvalue weighted by atomic mass is 10.1. The predicted molar refractivity (Wildman–Crippen MR) is 105 cm³/mol. The molecule has 0 aliphatic heterocycles. The van der Waals surface area contributed by atoms with Gasteiger partial charge >= 0.3 is 0 Å². The SMILES string of the molecule is COc1ccc(CC(C)=NN(c2ccccc2)c2ccccc2)cc1. The molecular weight excluding hydrogens is 308 g/mol. The van der Waals surface area contributed by atoms with E-state index in [2.05, 4.69) is 43.3 Å². The zero-order chi connectivity index (χ0) is 17.5. The van der Waals surface area contributed by atoms with Gasteiger partial charge in [0.15, 0.2) is 0 Å². The summed E-state index contributed by atoms with van der Waals surface area (Å²) >= 11 is 0. The van der Waals surface area contributed by atoms with E-state index in [-0.39, 0.29) is 0 Å². The van der Waals surface area contributed by atoms with E-state index in [1.165, 1.54) is 5.56 Å². The fourth-order valence-electron chi connectivity index (χ4n) is 2.65. The van der Waals surface area contributed by atoms with Crippen molar-refractivity contribution in [3.05, 3.63) is 90.5 Å². The summed E-state index contributed by atoms with van der Waals surface area (Å²) in [6.45, 7) is 2.06. The van der Waals surface area contributed by atoms with E-state index < -0.39 is 0 Å². The predicted octanol–water partition coefficient (Wildman–Crippen LogP) is 5.45. The van der Waals surface area contributed by atoms with Crippen LogP contribution in [-0.4, -0.2) is 12.8 Å². The number of nitrogens with zero attached hydrogens (tertiary/aromatic N) is 2. The average molecular weight is 330 g/mol. The van der Waals surface area contributed by atoms with Gasteiger partial charge in [-0.05, 0) is 48.9 Å². The van der Waals surface area contributed by atoms with Gasteiger partial charge in [-0.15, -0.1) is 0 Å². The van der Waals surface area contributed by atoms with Crippen LogP contribution in [0.5, 0.6) is 5.75 Å². The Morgan fingerprint density at radius 3 is 1.80 bits per heavy atom. The van der Waals surface area contributed by atoms with Crippen molar-refractivity contribution in [1.29, 1.82) is 0 Å². The number of anilines is 2. The number of hydrazone groups is 1. The van der Waals surface area contributed by atoms with E-state index >= 15 is 0 Å². The van der Waals surface area contributed by atoms with E-state index in [0.29, 0.717) is 0 Å². The maximum atomic E-state index is 5.22. The second-order valence-electron chi connectivity index (χ2n) is 5.84. The Hall–Kier alpha value is -3.07. The molecule has 0 N–H and O–H groups in total. The monoisotopic (exact) mass is 330 g/mol. The highest BCUT2D eigenvalue weighted by Gasteiger charge is 2.08. The van der Waals surface area contributed by atoms with Gasteiger partial charge in [0, 0.05) is 12.1 Å². The summed E-state index contributed by atoms with van der Waals surface area (Å²) in [6.07, 6.45) is 0.792. The van der Waals surface area contributed by atoms with Crippen molar-refractivity contribution >= 4 is 17.1 Å². The maximum Gasteiger partial charge on any atom is 0.118 e. The van der Waals surface area contributed by atoms with Gasteiger partial charge in [0.25, 0.3) is 0 Å². The summed E-state index contributed by atoms with van der Waals surface area (Å²) in [5.41, 5.74) is 4.34. The molecule has 3 aromatic carbocycles. The fourth-order valence-corrected chi connectivity index (χ4v) is 2.65.